The van der Waals surface area contributed by atoms with Gasteiger partial charge in [-0.15, -0.1) is 0 Å². The number of likely N-dealkylation sites (tertiary alicyclic amines) is 1. The van der Waals surface area contributed by atoms with Crippen molar-refractivity contribution in [2.45, 2.75) is 51.6 Å². The first-order valence-corrected chi connectivity index (χ1v) is 9.89. The standard InChI is InChI=1S/C20H29N3O4/c1-2-9-20(19(26)27)14-23(12-8-16(20)24)17-7-6-15(13-21-17)18(25)22-10-4-3-5-11-22/h6-7,13,16,24H,2-5,8-12,14H2,1H3,(H,26,27)/t16-,20+/m0/s1. The van der Waals surface area contributed by atoms with Crippen LogP contribution in [0.15, 0.2) is 18.3 Å². The van der Waals surface area contributed by atoms with Gasteiger partial charge in [-0.2, -0.15) is 0 Å². The number of rotatable bonds is 5. The molecule has 0 aliphatic carbocycles. The first kappa shape index (κ1) is 19.6. The fourth-order valence-electron chi connectivity index (χ4n) is 4.26. The zero-order valence-electron chi connectivity index (χ0n) is 15.9. The van der Waals surface area contributed by atoms with Gasteiger partial charge in [0.25, 0.3) is 5.91 Å². The third kappa shape index (κ3) is 3.93. The van der Waals surface area contributed by atoms with Crippen molar-refractivity contribution in [1.29, 1.82) is 0 Å². The Morgan fingerprint density at radius 2 is 1.96 bits per heavy atom. The molecule has 0 aromatic carbocycles. The Morgan fingerprint density at radius 3 is 2.56 bits per heavy atom. The van der Waals surface area contributed by atoms with E-state index in [1.807, 2.05) is 16.7 Å². The van der Waals surface area contributed by atoms with Gasteiger partial charge in [-0.3, -0.25) is 9.59 Å². The maximum atomic E-state index is 12.6. The summed E-state index contributed by atoms with van der Waals surface area (Å²) in [6.07, 6.45) is 5.49. The average Bonchev–Trinajstić information content (AvgIpc) is 2.70. The third-order valence-corrected chi connectivity index (χ3v) is 5.87. The third-order valence-electron chi connectivity index (χ3n) is 5.87. The number of hydrogen-bond donors (Lipinski definition) is 2. The van der Waals surface area contributed by atoms with E-state index in [4.69, 9.17) is 0 Å². The van der Waals surface area contributed by atoms with E-state index in [-0.39, 0.29) is 12.5 Å². The number of aliphatic hydroxyl groups excluding tert-OH is 1. The van der Waals surface area contributed by atoms with Gasteiger partial charge in [0.2, 0.25) is 0 Å². The van der Waals surface area contributed by atoms with Gasteiger partial charge < -0.3 is 20.0 Å². The first-order chi connectivity index (χ1) is 13.0. The zero-order chi connectivity index (χ0) is 19.4. The van der Waals surface area contributed by atoms with Crippen LogP contribution in [0, 0.1) is 5.41 Å². The molecule has 2 fully saturated rings. The molecule has 0 bridgehead atoms. The Bertz CT molecular complexity index is 672. The van der Waals surface area contributed by atoms with Crippen LogP contribution in [-0.4, -0.2) is 64.3 Å². The maximum Gasteiger partial charge on any atom is 0.314 e. The first-order valence-electron chi connectivity index (χ1n) is 9.89. The fraction of sp³-hybridized carbons (Fsp3) is 0.650. The van der Waals surface area contributed by atoms with Crippen LogP contribution in [0.25, 0.3) is 0 Å². The van der Waals surface area contributed by atoms with Gasteiger partial charge in [0, 0.05) is 32.4 Å². The number of carbonyl (C=O) groups excluding carboxylic acids is 1. The van der Waals surface area contributed by atoms with Crippen molar-refractivity contribution in [2.75, 3.05) is 31.1 Å². The molecule has 2 aliphatic rings. The average molecular weight is 375 g/mol. The largest absolute Gasteiger partial charge is 0.481 e. The molecule has 148 valence electrons. The second-order valence-electron chi connectivity index (χ2n) is 7.70. The second-order valence-corrected chi connectivity index (χ2v) is 7.70. The summed E-state index contributed by atoms with van der Waals surface area (Å²) in [4.78, 5) is 32.7. The normalized spacial score (nSPS) is 26.1. The monoisotopic (exact) mass is 375 g/mol. The van der Waals surface area contributed by atoms with E-state index in [1.165, 1.54) is 6.42 Å². The molecule has 0 saturated carbocycles. The van der Waals surface area contributed by atoms with Gasteiger partial charge in [0.05, 0.1) is 11.7 Å². The Balaban J connectivity index is 1.74. The van der Waals surface area contributed by atoms with Crippen LogP contribution in [0.1, 0.15) is 55.8 Å². The molecule has 2 saturated heterocycles. The molecule has 1 aromatic heterocycles. The Kier molecular flexibility index (Phi) is 5.99. The van der Waals surface area contributed by atoms with E-state index in [0.717, 1.165) is 25.9 Å². The predicted molar refractivity (Wildman–Crippen MR) is 102 cm³/mol. The topological polar surface area (TPSA) is 94.0 Å². The molecule has 2 N–H and O–H groups in total. The minimum Gasteiger partial charge on any atom is -0.481 e. The number of anilines is 1. The Morgan fingerprint density at radius 1 is 1.22 bits per heavy atom. The predicted octanol–water partition coefficient (Wildman–Crippen LogP) is 2.15. The highest BCUT2D eigenvalue weighted by molar-refractivity contribution is 5.94. The zero-order valence-corrected chi connectivity index (χ0v) is 15.9. The lowest BCUT2D eigenvalue weighted by atomic mass is 9.74. The summed E-state index contributed by atoms with van der Waals surface area (Å²) in [5, 5.41) is 20.1. The van der Waals surface area contributed by atoms with E-state index < -0.39 is 17.5 Å². The second kappa shape index (κ2) is 8.25. The number of aliphatic carboxylic acids is 1. The van der Waals surface area contributed by atoms with Gasteiger partial charge in [-0.05, 0) is 44.2 Å². The Labute approximate surface area is 160 Å². The van der Waals surface area contributed by atoms with E-state index in [2.05, 4.69) is 4.98 Å². The smallest absolute Gasteiger partial charge is 0.314 e. The van der Waals surface area contributed by atoms with Crippen LogP contribution < -0.4 is 4.90 Å². The molecular weight excluding hydrogens is 346 g/mol. The lowest BCUT2D eigenvalue weighted by Gasteiger charge is -2.43. The number of carbonyl (C=O) groups is 2. The quantitative estimate of drug-likeness (QED) is 0.819. The van der Waals surface area contributed by atoms with Crippen molar-refractivity contribution >= 4 is 17.7 Å². The van der Waals surface area contributed by atoms with Gasteiger partial charge in [-0.25, -0.2) is 4.98 Å². The number of piperidine rings is 2. The van der Waals surface area contributed by atoms with Gasteiger partial charge >= 0.3 is 5.97 Å². The highest BCUT2D eigenvalue weighted by Crippen LogP contribution is 2.37. The molecule has 2 aliphatic heterocycles. The van der Waals surface area contributed by atoms with E-state index in [9.17, 15) is 19.8 Å². The van der Waals surface area contributed by atoms with Crippen LogP contribution in [-0.2, 0) is 4.79 Å². The number of nitrogens with zero attached hydrogens (tertiary/aromatic N) is 3. The lowest BCUT2D eigenvalue weighted by Crippen LogP contribution is -2.56. The number of pyridine rings is 1. The summed E-state index contributed by atoms with van der Waals surface area (Å²) in [6, 6.07) is 3.56. The van der Waals surface area contributed by atoms with Crippen LogP contribution in [0.4, 0.5) is 5.82 Å². The van der Waals surface area contributed by atoms with Crippen LogP contribution in [0.3, 0.4) is 0 Å². The van der Waals surface area contributed by atoms with Gasteiger partial charge in [-0.1, -0.05) is 13.3 Å². The van der Waals surface area contributed by atoms with Crippen molar-refractivity contribution in [1.82, 2.24) is 9.88 Å². The molecule has 2 atom stereocenters. The molecule has 7 nitrogen and oxygen atoms in total. The van der Waals surface area contributed by atoms with E-state index in [1.54, 1.807) is 18.3 Å². The number of carboxylic acids is 1. The summed E-state index contributed by atoms with van der Waals surface area (Å²) in [5.41, 5.74) is -0.604. The van der Waals surface area contributed by atoms with Crippen molar-refractivity contribution in [3.05, 3.63) is 23.9 Å². The SMILES string of the molecule is CCC[C@@]1(C(=O)O)CN(c2ccc(C(=O)N3CCCCC3)cn2)CC[C@@H]1O. The molecule has 3 heterocycles. The maximum absolute atomic E-state index is 12.6. The van der Waals surface area contributed by atoms with Crippen LogP contribution in [0.2, 0.25) is 0 Å². The molecular formula is C20H29N3O4. The molecule has 0 unspecified atom stereocenters. The molecule has 0 spiro atoms. The van der Waals surface area contributed by atoms with E-state index >= 15 is 0 Å². The van der Waals surface area contributed by atoms with Crippen molar-refractivity contribution < 1.29 is 19.8 Å². The highest BCUT2D eigenvalue weighted by Gasteiger charge is 2.48. The minimum absolute atomic E-state index is 0.00804. The van der Waals surface area contributed by atoms with Gasteiger partial charge in [0.1, 0.15) is 11.2 Å². The molecule has 1 aromatic rings. The molecule has 1 amide bonds. The van der Waals surface area contributed by atoms with E-state index in [0.29, 0.717) is 37.2 Å². The highest BCUT2D eigenvalue weighted by atomic mass is 16.4. The summed E-state index contributed by atoms with van der Waals surface area (Å²) in [6.45, 7) is 4.29. The summed E-state index contributed by atoms with van der Waals surface area (Å²) in [7, 11) is 0. The molecule has 0 radical (unpaired) electrons. The van der Waals surface area contributed by atoms with Crippen molar-refractivity contribution in [3.8, 4) is 0 Å². The van der Waals surface area contributed by atoms with Gasteiger partial charge in [0.15, 0.2) is 0 Å². The van der Waals surface area contributed by atoms with Crippen LogP contribution in [0.5, 0.6) is 0 Å². The minimum atomic E-state index is -1.17. The number of amides is 1. The van der Waals surface area contributed by atoms with Crippen LogP contribution >= 0.6 is 0 Å². The van der Waals surface area contributed by atoms with Crippen molar-refractivity contribution in [2.24, 2.45) is 5.41 Å². The van der Waals surface area contributed by atoms with Crippen molar-refractivity contribution in [3.63, 3.8) is 0 Å². The molecule has 27 heavy (non-hydrogen) atoms. The summed E-state index contributed by atoms with van der Waals surface area (Å²) in [5.74, 6) is -0.300. The molecule has 7 heteroatoms. The summed E-state index contributed by atoms with van der Waals surface area (Å²) >= 11 is 0. The summed E-state index contributed by atoms with van der Waals surface area (Å²) < 4.78 is 0. The number of aliphatic hydroxyl groups is 1. The molecule has 3 rings (SSSR count). The number of aromatic nitrogens is 1. The lowest BCUT2D eigenvalue weighted by molar-refractivity contribution is -0.158. The fourth-order valence-corrected chi connectivity index (χ4v) is 4.26. The number of carboxylic acid groups (broad SMARTS) is 1. The Hall–Kier alpha value is -2.15. The number of hydrogen-bond acceptors (Lipinski definition) is 5.